The summed E-state index contributed by atoms with van der Waals surface area (Å²) in [7, 11) is 0. The Balaban J connectivity index is 2.28. The van der Waals surface area contributed by atoms with Crippen molar-refractivity contribution in [2.75, 3.05) is 11.9 Å². The van der Waals surface area contributed by atoms with E-state index < -0.39 is 0 Å². The second-order valence-electron chi connectivity index (χ2n) is 5.70. The second kappa shape index (κ2) is 6.63. The van der Waals surface area contributed by atoms with E-state index in [0.717, 1.165) is 5.69 Å². The average Bonchev–Trinajstić information content (AvgIpc) is 2.45. The van der Waals surface area contributed by atoms with Crippen molar-refractivity contribution in [3.8, 4) is 0 Å². The highest BCUT2D eigenvalue weighted by molar-refractivity contribution is 9.10. The molecule has 0 fully saturated rings. The first kappa shape index (κ1) is 16.1. The predicted octanol–water partition coefficient (Wildman–Crippen LogP) is 4.79. The maximum atomic E-state index is 5.98. The number of halogens is 1. The summed E-state index contributed by atoms with van der Waals surface area (Å²) in [6.07, 6.45) is 0. The van der Waals surface area contributed by atoms with Crippen LogP contribution >= 0.6 is 15.9 Å². The fraction of sp³-hybridized carbons (Fsp3) is 0.333. The zero-order valence-electron chi connectivity index (χ0n) is 13.1. The van der Waals surface area contributed by atoms with E-state index in [0.29, 0.717) is 6.54 Å². The minimum absolute atomic E-state index is 0.129. The van der Waals surface area contributed by atoms with Crippen LogP contribution in [0.4, 0.5) is 5.69 Å². The zero-order valence-corrected chi connectivity index (χ0v) is 14.7. The summed E-state index contributed by atoms with van der Waals surface area (Å²) in [6.45, 7) is 9.05. The molecule has 0 amide bonds. The first-order valence-electron chi connectivity index (χ1n) is 7.23. The van der Waals surface area contributed by atoms with Crippen LogP contribution in [0.2, 0.25) is 0 Å². The van der Waals surface area contributed by atoms with E-state index in [4.69, 9.17) is 5.73 Å². The molecule has 0 spiro atoms. The van der Waals surface area contributed by atoms with Gasteiger partial charge in [0.1, 0.15) is 0 Å². The van der Waals surface area contributed by atoms with Gasteiger partial charge < -0.3 is 11.1 Å². The highest BCUT2D eigenvalue weighted by atomic mass is 79.9. The molecule has 2 rings (SSSR count). The van der Waals surface area contributed by atoms with E-state index >= 15 is 0 Å². The van der Waals surface area contributed by atoms with Gasteiger partial charge in [-0.1, -0.05) is 34.1 Å². The summed E-state index contributed by atoms with van der Waals surface area (Å²) in [5, 5.41) is 3.55. The predicted molar refractivity (Wildman–Crippen MR) is 95.0 cm³/mol. The number of rotatable bonds is 4. The van der Waals surface area contributed by atoms with E-state index in [1.807, 2.05) is 0 Å². The van der Waals surface area contributed by atoms with E-state index in [-0.39, 0.29) is 6.04 Å². The number of hydrogen-bond donors (Lipinski definition) is 2. The Hall–Kier alpha value is -1.32. The quantitative estimate of drug-likeness (QED) is 0.834. The summed E-state index contributed by atoms with van der Waals surface area (Å²) in [6, 6.07) is 11.0. The third-order valence-electron chi connectivity index (χ3n) is 3.95. The molecule has 112 valence electrons. The van der Waals surface area contributed by atoms with Crippen LogP contribution in [-0.2, 0) is 0 Å². The van der Waals surface area contributed by atoms with Crippen LogP contribution in [0.3, 0.4) is 0 Å². The van der Waals surface area contributed by atoms with Gasteiger partial charge in [0.2, 0.25) is 0 Å². The van der Waals surface area contributed by atoms with Gasteiger partial charge in [-0.25, -0.2) is 0 Å². The maximum absolute atomic E-state index is 5.98. The summed E-state index contributed by atoms with van der Waals surface area (Å²) in [5.74, 6) is 0. The molecule has 0 bridgehead atoms. The molecule has 2 nitrogen and oxygen atoms in total. The van der Waals surface area contributed by atoms with Crippen LogP contribution in [0.1, 0.15) is 33.9 Å². The second-order valence-corrected chi connectivity index (χ2v) is 6.49. The van der Waals surface area contributed by atoms with Crippen molar-refractivity contribution in [2.45, 2.75) is 33.7 Å². The monoisotopic (exact) mass is 346 g/mol. The third kappa shape index (κ3) is 3.66. The molecule has 1 atom stereocenters. The summed E-state index contributed by atoms with van der Waals surface area (Å²) < 4.78 is 1.17. The van der Waals surface area contributed by atoms with E-state index in [1.165, 1.54) is 32.3 Å². The molecule has 0 aliphatic carbocycles. The standard InChI is InChI=1S/C18H23BrN2/c1-11-5-6-15(7-12(11)2)17(10-20)21-16-8-13(3)18(19)14(4)9-16/h5-9,17,21H,10,20H2,1-4H3. The molecule has 0 aromatic heterocycles. The number of aryl methyl sites for hydroxylation is 4. The number of anilines is 1. The lowest BCUT2D eigenvalue weighted by molar-refractivity contribution is 0.788. The van der Waals surface area contributed by atoms with Crippen molar-refractivity contribution >= 4 is 21.6 Å². The molecule has 1 unspecified atom stereocenters. The Kier molecular flexibility index (Phi) is 5.07. The van der Waals surface area contributed by atoms with Crippen LogP contribution in [0.5, 0.6) is 0 Å². The van der Waals surface area contributed by atoms with Crippen LogP contribution in [-0.4, -0.2) is 6.54 Å². The van der Waals surface area contributed by atoms with Crippen LogP contribution in [0.15, 0.2) is 34.8 Å². The minimum Gasteiger partial charge on any atom is -0.377 e. The van der Waals surface area contributed by atoms with Crippen molar-refractivity contribution in [3.05, 3.63) is 62.6 Å². The highest BCUT2D eigenvalue weighted by Crippen LogP contribution is 2.27. The lowest BCUT2D eigenvalue weighted by Gasteiger charge is -2.21. The van der Waals surface area contributed by atoms with Crippen molar-refractivity contribution in [2.24, 2.45) is 5.73 Å². The molecule has 0 aliphatic heterocycles. The van der Waals surface area contributed by atoms with Gasteiger partial charge in [-0.05, 0) is 67.6 Å². The van der Waals surface area contributed by atoms with Crippen molar-refractivity contribution in [3.63, 3.8) is 0 Å². The van der Waals surface area contributed by atoms with Crippen LogP contribution in [0, 0.1) is 27.7 Å². The Morgan fingerprint density at radius 2 is 1.57 bits per heavy atom. The van der Waals surface area contributed by atoms with Gasteiger partial charge in [-0.3, -0.25) is 0 Å². The molecule has 3 N–H and O–H groups in total. The molecule has 2 aromatic rings. The van der Waals surface area contributed by atoms with Crippen LogP contribution in [0.25, 0.3) is 0 Å². The van der Waals surface area contributed by atoms with Crippen molar-refractivity contribution in [1.82, 2.24) is 0 Å². The largest absolute Gasteiger partial charge is 0.377 e. The van der Waals surface area contributed by atoms with Gasteiger partial charge >= 0.3 is 0 Å². The molecule has 21 heavy (non-hydrogen) atoms. The van der Waals surface area contributed by atoms with Gasteiger partial charge in [0.05, 0.1) is 6.04 Å². The number of hydrogen-bond acceptors (Lipinski definition) is 2. The van der Waals surface area contributed by atoms with Crippen molar-refractivity contribution < 1.29 is 0 Å². The van der Waals surface area contributed by atoms with Gasteiger partial charge in [-0.15, -0.1) is 0 Å². The van der Waals surface area contributed by atoms with E-state index in [9.17, 15) is 0 Å². The van der Waals surface area contributed by atoms with Gasteiger partial charge in [0, 0.05) is 16.7 Å². The van der Waals surface area contributed by atoms with Gasteiger partial charge in [-0.2, -0.15) is 0 Å². The zero-order chi connectivity index (χ0) is 15.6. The molecule has 2 aromatic carbocycles. The topological polar surface area (TPSA) is 38.0 Å². The average molecular weight is 347 g/mol. The minimum atomic E-state index is 0.129. The first-order valence-corrected chi connectivity index (χ1v) is 8.02. The SMILES string of the molecule is Cc1ccc(C(CN)Nc2cc(C)c(Br)c(C)c2)cc1C. The van der Waals surface area contributed by atoms with Gasteiger partial charge in [0.25, 0.3) is 0 Å². The highest BCUT2D eigenvalue weighted by Gasteiger charge is 2.11. The summed E-state index contributed by atoms with van der Waals surface area (Å²) >= 11 is 3.61. The molecule has 0 heterocycles. The lowest BCUT2D eigenvalue weighted by atomic mass is 10.0. The maximum Gasteiger partial charge on any atom is 0.0636 e. The normalized spacial score (nSPS) is 12.3. The number of nitrogens with two attached hydrogens (primary N) is 1. The Labute approximate surface area is 135 Å². The molecular weight excluding hydrogens is 324 g/mol. The molecule has 0 aliphatic rings. The van der Waals surface area contributed by atoms with E-state index in [1.54, 1.807) is 0 Å². The molecular formula is C18H23BrN2. The Morgan fingerprint density at radius 1 is 0.952 bits per heavy atom. The molecule has 0 radical (unpaired) electrons. The number of nitrogens with one attached hydrogen (secondary N) is 1. The fourth-order valence-electron chi connectivity index (χ4n) is 2.49. The van der Waals surface area contributed by atoms with Crippen LogP contribution < -0.4 is 11.1 Å². The summed E-state index contributed by atoms with van der Waals surface area (Å²) in [5.41, 5.74) is 13.4. The third-order valence-corrected chi connectivity index (χ3v) is 5.20. The lowest BCUT2D eigenvalue weighted by Crippen LogP contribution is -2.21. The molecule has 0 saturated heterocycles. The van der Waals surface area contributed by atoms with Crippen molar-refractivity contribution in [1.29, 1.82) is 0 Å². The smallest absolute Gasteiger partial charge is 0.0636 e. The van der Waals surface area contributed by atoms with E-state index in [2.05, 4.69) is 79.3 Å². The Morgan fingerprint density at radius 3 is 2.10 bits per heavy atom. The molecule has 0 saturated carbocycles. The molecule has 3 heteroatoms. The summed E-state index contributed by atoms with van der Waals surface area (Å²) in [4.78, 5) is 0. The number of benzene rings is 2. The first-order chi connectivity index (χ1) is 9.92. The Bertz CT molecular complexity index is 627. The van der Waals surface area contributed by atoms with Gasteiger partial charge in [0.15, 0.2) is 0 Å². The fourth-order valence-corrected chi connectivity index (χ4v) is 2.72.